The molecular formula is C18H20BrNO5. The van der Waals surface area contributed by atoms with Crippen LogP contribution in [0.3, 0.4) is 0 Å². The molecule has 0 N–H and O–H groups in total. The quantitative estimate of drug-likeness (QED) is 0.486. The van der Waals surface area contributed by atoms with Gasteiger partial charge in [-0.05, 0) is 24.3 Å². The molecule has 0 atom stereocenters. The summed E-state index contributed by atoms with van der Waals surface area (Å²) in [6.45, 7) is 0.268. The van der Waals surface area contributed by atoms with Crippen LogP contribution < -0.4 is 18.9 Å². The number of rotatable bonds is 8. The van der Waals surface area contributed by atoms with Gasteiger partial charge in [0.2, 0.25) is 0 Å². The van der Waals surface area contributed by atoms with E-state index in [0.717, 1.165) is 15.6 Å². The first-order valence-corrected chi connectivity index (χ1v) is 8.20. The molecule has 0 fully saturated rings. The van der Waals surface area contributed by atoms with Gasteiger partial charge in [-0.15, -0.1) is 0 Å². The lowest BCUT2D eigenvalue weighted by Crippen LogP contribution is -1.97. The van der Waals surface area contributed by atoms with Gasteiger partial charge in [-0.3, -0.25) is 0 Å². The molecule has 0 heterocycles. The minimum absolute atomic E-state index is 0.268. The fraction of sp³-hybridized carbons (Fsp3) is 0.278. The maximum Gasteiger partial charge on any atom is 0.169 e. The third kappa shape index (κ3) is 4.57. The van der Waals surface area contributed by atoms with Gasteiger partial charge in [0.15, 0.2) is 23.0 Å². The normalized spacial score (nSPS) is 10.6. The van der Waals surface area contributed by atoms with Crippen LogP contribution in [-0.2, 0) is 11.4 Å². The van der Waals surface area contributed by atoms with Crippen LogP contribution in [0.25, 0.3) is 0 Å². The second-order valence-corrected chi connectivity index (χ2v) is 5.74. The Morgan fingerprint density at radius 1 is 0.920 bits per heavy atom. The number of hydrogen-bond donors (Lipinski definition) is 0. The average Bonchev–Trinajstić information content (AvgIpc) is 2.65. The van der Waals surface area contributed by atoms with Crippen molar-refractivity contribution < 1.29 is 23.8 Å². The summed E-state index contributed by atoms with van der Waals surface area (Å²) in [7, 11) is 6.34. The number of halogens is 1. The Kier molecular flexibility index (Phi) is 6.94. The molecule has 0 aliphatic rings. The molecule has 6 nitrogen and oxygen atoms in total. The van der Waals surface area contributed by atoms with Crippen LogP contribution in [-0.4, -0.2) is 34.7 Å². The van der Waals surface area contributed by atoms with E-state index in [1.54, 1.807) is 34.7 Å². The number of oxime groups is 1. The van der Waals surface area contributed by atoms with Crippen molar-refractivity contribution in [2.75, 3.05) is 28.4 Å². The lowest BCUT2D eigenvalue weighted by molar-refractivity contribution is 0.131. The third-order valence-electron chi connectivity index (χ3n) is 3.47. The van der Waals surface area contributed by atoms with Crippen LogP contribution in [0.4, 0.5) is 0 Å². The standard InChI is InChI=1S/C18H20BrNO5/c1-21-15-7-5-6-12(18(15)24-4)10-20-25-11-13-8-16(22-2)17(23-3)9-14(13)19/h5-10H,11H2,1-4H3/b20-10-. The molecule has 0 aromatic heterocycles. The molecule has 0 radical (unpaired) electrons. The Bertz CT molecular complexity index is 748. The molecule has 134 valence electrons. The van der Waals surface area contributed by atoms with Gasteiger partial charge in [0.25, 0.3) is 0 Å². The third-order valence-corrected chi connectivity index (χ3v) is 4.21. The van der Waals surface area contributed by atoms with Gasteiger partial charge >= 0.3 is 0 Å². The number of benzene rings is 2. The van der Waals surface area contributed by atoms with E-state index in [4.69, 9.17) is 23.8 Å². The first-order chi connectivity index (χ1) is 12.1. The first-order valence-electron chi connectivity index (χ1n) is 7.41. The van der Waals surface area contributed by atoms with Crippen LogP contribution in [0, 0.1) is 0 Å². The van der Waals surface area contributed by atoms with E-state index in [1.807, 2.05) is 30.3 Å². The smallest absolute Gasteiger partial charge is 0.169 e. The summed E-state index contributed by atoms with van der Waals surface area (Å²) in [6.07, 6.45) is 1.58. The van der Waals surface area contributed by atoms with E-state index in [1.165, 1.54) is 0 Å². The van der Waals surface area contributed by atoms with Gasteiger partial charge in [-0.25, -0.2) is 0 Å². The summed E-state index contributed by atoms with van der Waals surface area (Å²) in [5.41, 5.74) is 1.64. The van der Waals surface area contributed by atoms with Gasteiger partial charge in [0.05, 0.1) is 34.7 Å². The topological polar surface area (TPSA) is 58.5 Å². The van der Waals surface area contributed by atoms with Crippen molar-refractivity contribution >= 4 is 22.1 Å². The highest BCUT2D eigenvalue weighted by Crippen LogP contribution is 2.33. The van der Waals surface area contributed by atoms with E-state index in [9.17, 15) is 0 Å². The second-order valence-electron chi connectivity index (χ2n) is 4.89. The second kappa shape index (κ2) is 9.17. The lowest BCUT2D eigenvalue weighted by atomic mass is 10.2. The summed E-state index contributed by atoms with van der Waals surface area (Å²) < 4.78 is 22.0. The monoisotopic (exact) mass is 409 g/mol. The van der Waals surface area contributed by atoms with Crippen LogP contribution in [0.1, 0.15) is 11.1 Å². The van der Waals surface area contributed by atoms with Crippen molar-refractivity contribution in [1.82, 2.24) is 0 Å². The molecule has 2 rings (SSSR count). The zero-order valence-electron chi connectivity index (χ0n) is 14.5. The molecule has 25 heavy (non-hydrogen) atoms. The molecule has 2 aromatic rings. The first kappa shape index (κ1) is 18.9. The Morgan fingerprint density at radius 2 is 1.60 bits per heavy atom. The summed E-state index contributed by atoms with van der Waals surface area (Å²) in [5, 5.41) is 4.01. The number of ether oxygens (including phenoxy) is 4. The van der Waals surface area contributed by atoms with Crippen LogP contribution >= 0.6 is 15.9 Å². The SMILES string of the molecule is COc1cc(Br)c(CO/N=C\c2cccc(OC)c2OC)cc1OC. The van der Waals surface area contributed by atoms with Gasteiger partial charge < -0.3 is 23.8 Å². The van der Waals surface area contributed by atoms with E-state index in [2.05, 4.69) is 21.1 Å². The van der Waals surface area contributed by atoms with Gasteiger partial charge in [-0.2, -0.15) is 0 Å². The molecule has 0 unspecified atom stereocenters. The van der Waals surface area contributed by atoms with E-state index >= 15 is 0 Å². The largest absolute Gasteiger partial charge is 0.493 e. The minimum atomic E-state index is 0.268. The maximum atomic E-state index is 5.40. The number of methoxy groups -OCH3 is 4. The molecule has 0 saturated heterocycles. The number of nitrogens with zero attached hydrogens (tertiary/aromatic N) is 1. The Labute approximate surface area is 155 Å². The highest BCUT2D eigenvalue weighted by atomic mass is 79.9. The number of hydrogen-bond acceptors (Lipinski definition) is 6. The van der Waals surface area contributed by atoms with E-state index in [0.29, 0.717) is 23.0 Å². The zero-order valence-corrected chi connectivity index (χ0v) is 16.1. The molecule has 0 saturated carbocycles. The summed E-state index contributed by atoms with van der Waals surface area (Å²) in [5.74, 6) is 2.50. The Morgan fingerprint density at radius 3 is 2.24 bits per heavy atom. The molecule has 0 spiro atoms. The zero-order chi connectivity index (χ0) is 18.2. The van der Waals surface area contributed by atoms with E-state index < -0.39 is 0 Å². The van der Waals surface area contributed by atoms with Crippen molar-refractivity contribution in [1.29, 1.82) is 0 Å². The molecule has 2 aromatic carbocycles. The van der Waals surface area contributed by atoms with Crippen molar-refractivity contribution in [3.63, 3.8) is 0 Å². The molecular weight excluding hydrogens is 390 g/mol. The average molecular weight is 410 g/mol. The van der Waals surface area contributed by atoms with Crippen molar-refractivity contribution in [3.05, 3.63) is 45.9 Å². The van der Waals surface area contributed by atoms with Gasteiger partial charge in [-0.1, -0.05) is 27.2 Å². The molecule has 7 heteroatoms. The lowest BCUT2D eigenvalue weighted by Gasteiger charge is -2.11. The summed E-state index contributed by atoms with van der Waals surface area (Å²) in [6, 6.07) is 9.20. The van der Waals surface area contributed by atoms with Crippen LogP contribution in [0.5, 0.6) is 23.0 Å². The minimum Gasteiger partial charge on any atom is -0.493 e. The predicted molar refractivity (Wildman–Crippen MR) is 99.2 cm³/mol. The maximum absolute atomic E-state index is 5.40. The summed E-state index contributed by atoms with van der Waals surface area (Å²) >= 11 is 3.49. The fourth-order valence-electron chi connectivity index (χ4n) is 2.22. The molecule has 0 aliphatic heterocycles. The van der Waals surface area contributed by atoms with Gasteiger partial charge in [0, 0.05) is 15.6 Å². The molecule has 0 aliphatic carbocycles. The highest BCUT2D eigenvalue weighted by molar-refractivity contribution is 9.10. The van der Waals surface area contributed by atoms with Gasteiger partial charge in [0.1, 0.15) is 6.61 Å². The van der Waals surface area contributed by atoms with Crippen LogP contribution in [0.2, 0.25) is 0 Å². The van der Waals surface area contributed by atoms with Crippen LogP contribution in [0.15, 0.2) is 40.0 Å². The predicted octanol–water partition coefficient (Wildman–Crippen LogP) is 4.03. The van der Waals surface area contributed by atoms with E-state index in [-0.39, 0.29) is 6.61 Å². The molecule has 0 bridgehead atoms. The van der Waals surface area contributed by atoms with Crippen molar-refractivity contribution in [2.45, 2.75) is 6.61 Å². The number of para-hydroxylation sites is 1. The molecule has 0 amide bonds. The fourth-order valence-corrected chi connectivity index (χ4v) is 2.66. The summed E-state index contributed by atoms with van der Waals surface area (Å²) in [4.78, 5) is 5.40. The Hall–Kier alpha value is -2.41. The van der Waals surface area contributed by atoms with Crippen molar-refractivity contribution in [3.8, 4) is 23.0 Å². The Balaban J connectivity index is 2.10. The highest BCUT2D eigenvalue weighted by Gasteiger charge is 2.10. The van der Waals surface area contributed by atoms with Crippen molar-refractivity contribution in [2.24, 2.45) is 5.16 Å².